The second-order valence-electron chi connectivity index (χ2n) is 1.90. The van der Waals surface area contributed by atoms with Crippen molar-refractivity contribution in [1.82, 2.24) is 0 Å². The Bertz CT molecular complexity index is 100. The third kappa shape index (κ3) is 8.92. The van der Waals surface area contributed by atoms with E-state index in [1.165, 1.54) is 0 Å². The van der Waals surface area contributed by atoms with E-state index in [0.717, 1.165) is 12.8 Å². The number of unbranched alkanes of at least 4 members (excludes halogenated alkanes) is 1. The van der Waals surface area contributed by atoms with E-state index >= 15 is 0 Å². The summed E-state index contributed by atoms with van der Waals surface area (Å²) in [6, 6.07) is 0. The first-order chi connectivity index (χ1) is 4.31. The van der Waals surface area contributed by atoms with Gasteiger partial charge in [0.05, 0.1) is 0 Å². The quantitative estimate of drug-likeness (QED) is 0.450. The van der Waals surface area contributed by atoms with Crippen LogP contribution in [0.15, 0.2) is 0 Å². The Morgan fingerprint density at radius 1 is 1.20 bits per heavy atom. The van der Waals surface area contributed by atoms with Crippen molar-refractivity contribution in [2.24, 2.45) is 0 Å². The minimum absolute atomic E-state index is 0.380. The van der Waals surface area contributed by atoms with Gasteiger partial charge in [-0.3, -0.25) is 0 Å². The van der Waals surface area contributed by atoms with E-state index < -0.39 is 17.3 Å². The molecule has 66 valence electrons. The Morgan fingerprint density at radius 3 is 2.00 bits per heavy atom. The van der Waals surface area contributed by atoms with Gasteiger partial charge in [-0.05, 0) is 0 Å². The van der Waals surface area contributed by atoms with Gasteiger partial charge in [-0.1, -0.05) is 0 Å². The molecule has 0 unspecified atom stereocenters. The molecule has 0 aromatic carbocycles. The first-order valence-electron chi connectivity index (χ1n) is 2.83. The minimum atomic E-state index is -5.78. The Labute approximate surface area is 65.5 Å². The second-order valence-corrected chi connectivity index (χ2v) is 12.3. The van der Waals surface area contributed by atoms with Gasteiger partial charge in [-0.2, -0.15) is 0 Å². The van der Waals surface area contributed by atoms with Crippen LogP contribution < -0.4 is 0 Å². The molecule has 10 heavy (non-hydrogen) atoms. The van der Waals surface area contributed by atoms with Gasteiger partial charge < -0.3 is 0 Å². The summed E-state index contributed by atoms with van der Waals surface area (Å²) in [5.41, 5.74) is 0. The fraction of sp³-hybridized carbons (Fsp3) is 1.00. The van der Waals surface area contributed by atoms with Crippen LogP contribution in [0, 0.1) is 0 Å². The van der Waals surface area contributed by atoms with Crippen LogP contribution >= 0.6 is 26.3 Å². The topological polar surface area (TPSA) is 80.9 Å². The van der Waals surface area contributed by atoms with Crippen molar-refractivity contribution in [3.63, 3.8) is 0 Å². The summed E-state index contributed by atoms with van der Waals surface area (Å²) in [7, 11) is 0.468. The zero-order valence-corrected chi connectivity index (χ0v) is 8.67. The van der Waals surface area contributed by atoms with Crippen LogP contribution in [0.1, 0.15) is 19.8 Å². The van der Waals surface area contributed by atoms with Gasteiger partial charge in [-0.15, -0.1) is 0 Å². The molecular weight excluding hydrogens is 271 g/mol. The standard InChI is InChI=1S/C4H13IO4S/c1-2-3-4-10-5(6,7,8)9/h6-9H,2-4H2,1H3. The molecule has 0 saturated heterocycles. The number of hydrogen-bond donors (Lipinski definition) is 4. The average Bonchev–Trinajstić information content (AvgIpc) is 1.61. The SMILES string of the molecule is CCCCSI(O)(O)(O)O. The van der Waals surface area contributed by atoms with Crippen molar-refractivity contribution < 1.29 is 13.7 Å². The molecule has 0 aliphatic carbocycles. The molecule has 0 aliphatic rings. The molecule has 0 amide bonds. The van der Waals surface area contributed by atoms with Crippen molar-refractivity contribution in [2.45, 2.75) is 19.8 Å². The number of rotatable bonds is 4. The van der Waals surface area contributed by atoms with Crippen LogP contribution in [-0.4, -0.2) is 19.5 Å². The van der Waals surface area contributed by atoms with Crippen LogP contribution in [0.25, 0.3) is 0 Å². The molecule has 0 fully saturated rings. The molecule has 0 aromatic rings. The fourth-order valence-electron chi connectivity index (χ4n) is 0.337. The molecule has 0 heterocycles. The predicted octanol–water partition coefficient (Wildman–Crippen LogP) is 0.642. The summed E-state index contributed by atoms with van der Waals surface area (Å²) in [6.07, 6.45) is 1.65. The molecule has 0 bridgehead atoms. The molecule has 4 N–H and O–H groups in total. The molecule has 0 radical (unpaired) electrons. The van der Waals surface area contributed by atoms with Crippen molar-refractivity contribution in [3.8, 4) is 0 Å². The van der Waals surface area contributed by atoms with Crippen molar-refractivity contribution >= 4 is 26.3 Å². The van der Waals surface area contributed by atoms with E-state index in [0.29, 0.717) is 14.7 Å². The molecule has 0 rings (SSSR count). The van der Waals surface area contributed by atoms with Crippen molar-refractivity contribution in [1.29, 1.82) is 0 Å². The van der Waals surface area contributed by atoms with Gasteiger partial charge in [0, 0.05) is 0 Å². The zero-order chi connectivity index (χ0) is 8.28. The molecule has 0 aliphatic heterocycles. The Morgan fingerprint density at radius 2 is 1.70 bits per heavy atom. The van der Waals surface area contributed by atoms with E-state index in [9.17, 15) is 0 Å². The first kappa shape index (κ1) is 10.9. The number of halogens is 1. The summed E-state index contributed by atoms with van der Waals surface area (Å²) in [6.45, 7) is 1.94. The number of hydrogen-bond acceptors (Lipinski definition) is 5. The van der Waals surface area contributed by atoms with Gasteiger partial charge in [0.15, 0.2) is 0 Å². The average molecular weight is 284 g/mol. The summed E-state index contributed by atoms with van der Waals surface area (Å²) in [5, 5.41) is 0. The molecule has 0 atom stereocenters. The summed E-state index contributed by atoms with van der Waals surface area (Å²) in [4.78, 5) is 0. The molecular formula is C4H13IO4S. The van der Waals surface area contributed by atoms with E-state index in [4.69, 9.17) is 13.7 Å². The van der Waals surface area contributed by atoms with Gasteiger partial charge in [0.25, 0.3) is 0 Å². The van der Waals surface area contributed by atoms with Crippen LogP contribution in [0.5, 0.6) is 0 Å². The Hall–Kier alpha value is 0.920. The van der Waals surface area contributed by atoms with Gasteiger partial charge in [0.1, 0.15) is 0 Å². The second kappa shape index (κ2) is 3.55. The molecule has 0 aromatic heterocycles. The predicted molar refractivity (Wildman–Crippen MR) is 50.3 cm³/mol. The van der Waals surface area contributed by atoms with Crippen LogP contribution in [0.3, 0.4) is 0 Å². The maximum atomic E-state index is 8.52. The monoisotopic (exact) mass is 284 g/mol. The van der Waals surface area contributed by atoms with E-state index in [1.807, 2.05) is 6.92 Å². The molecule has 0 saturated carbocycles. The van der Waals surface area contributed by atoms with Crippen molar-refractivity contribution in [3.05, 3.63) is 0 Å². The first-order valence-corrected chi connectivity index (χ1v) is 10.2. The van der Waals surface area contributed by atoms with E-state index in [1.54, 1.807) is 0 Å². The zero-order valence-electron chi connectivity index (χ0n) is 5.70. The third-order valence-corrected chi connectivity index (χ3v) is 6.27. The van der Waals surface area contributed by atoms with Gasteiger partial charge in [0.2, 0.25) is 0 Å². The van der Waals surface area contributed by atoms with Crippen LogP contribution in [0.2, 0.25) is 0 Å². The molecule has 6 heteroatoms. The van der Waals surface area contributed by atoms with Crippen LogP contribution in [0.4, 0.5) is 0 Å². The summed E-state index contributed by atoms with van der Waals surface area (Å²) in [5.74, 6) is 0.380. The Balaban J connectivity index is 3.49. The summed E-state index contributed by atoms with van der Waals surface area (Å²) < 4.78 is 34.1. The normalized spacial score (nSPS) is 16.3. The molecule has 0 spiro atoms. The van der Waals surface area contributed by atoms with E-state index in [-0.39, 0.29) is 0 Å². The van der Waals surface area contributed by atoms with E-state index in [2.05, 4.69) is 0 Å². The summed E-state index contributed by atoms with van der Waals surface area (Å²) >= 11 is -5.78. The maximum absolute atomic E-state index is 8.52. The van der Waals surface area contributed by atoms with Gasteiger partial charge in [-0.25, -0.2) is 0 Å². The molecule has 4 nitrogen and oxygen atoms in total. The third-order valence-electron chi connectivity index (χ3n) is 0.770. The van der Waals surface area contributed by atoms with Crippen LogP contribution in [-0.2, 0) is 0 Å². The van der Waals surface area contributed by atoms with Gasteiger partial charge >= 0.3 is 65.5 Å². The van der Waals surface area contributed by atoms with Crippen molar-refractivity contribution in [2.75, 3.05) is 5.75 Å². The Kier molecular flexibility index (Phi) is 3.87. The fourth-order valence-corrected chi connectivity index (χ4v) is 4.31.